The predicted molar refractivity (Wildman–Crippen MR) is 84.9 cm³/mol. The normalized spacial score (nSPS) is 45.5. The standard InChI is InChI=1S/C15H29B2O4/c1-9-11-10(2)14(7,18)12(3,4)19-16-17-20-13(5,6)15(11,8)21-17/h10-11,18H,9H2,1-8H3. The van der Waals surface area contributed by atoms with E-state index < -0.39 is 29.4 Å². The molecule has 119 valence electrons. The molecule has 6 heteroatoms. The van der Waals surface area contributed by atoms with Crippen molar-refractivity contribution in [3.63, 3.8) is 0 Å². The molecule has 0 spiro atoms. The van der Waals surface area contributed by atoms with Crippen molar-refractivity contribution < 1.29 is 19.1 Å². The third-order valence-electron chi connectivity index (χ3n) is 6.30. The van der Waals surface area contributed by atoms with Crippen LogP contribution < -0.4 is 0 Å². The summed E-state index contributed by atoms with van der Waals surface area (Å²) in [6.07, 6.45) is 0.906. The van der Waals surface area contributed by atoms with Gasteiger partial charge in [-0.15, -0.1) is 0 Å². The van der Waals surface area contributed by atoms with Gasteiger partial charge >= 0.3 is 14.4 Å². The summed E-state index contributed by atoms with van der Waals surface area (Å²) >= 11 is 0. The predicted octanol–water partition coefficient (Wildman–Crippen LogP) is 2.40. The van der Waals surface area contributed by atoms with Crippen molar-refractivity contribution in [1.82, 2.24) is 0 Å². The summed E-state index contributed by atoms with van der Waals surface area (Å²) in [6, 6.07) is 0. The lowest BCUT2D eigenvalue weighted by molar-refractivity contribution is -0.173. The van der Waals surface area contributed by atoms with Crippen molar-refractivity contribution in [3.8, 4) is 0 Å². The van der Waals surface area contributed by atoms with Gasteiger partial charge in [0, 0.05) is 0 Å². The van der Waals surface area contributed by atoms with Crippen molar-refractivity contribution in [3.05, 3.63) is 0 Å². The van der Waals surface area contributed by atoms with E-state index in [-0.39, 0.29) is 11.8 Å². The van der Waals surface area contributed by atoms with E-state index in [9.17, 15) is 5.11 Å². The Labute approximate surface area is 130 Å². The van der Waals surface area contributed by atoms with Crippen molar-refractivity contribution >= 4 is 14.4 Å². The lowest BCUT2D eigenvalue weighted by Crippen LogP contribution is -2.61. The zero-order valence-corrected chi connectivity index (χ0v) is 14.7. The molecule has 4 nitrogen and oxygen atoms in total. The van der Waals surface area contributed by atoms with Crippen molar-refractivity contribution in [2.45, 2.75) is 84.2 Å². The fourth-order valence-electron chi connectivity index (χ4n) is 3.91. The molecule has 2 saturated heterocycles. The molecule has 21 heavy (non-hydrogen) atoms. The van der Waals surface area contributed by atoms with Crippen molar-refractivity contribution in [2.24, 2.45) is 11.8 Å². The highest BCUT2D eigenvalue weighted by Crippen LogP contribution is 2.51. The van der Waals surface area contributed by atoms with Crippen LogP contribution in [-0.2, 0) is 14.0 Å². The Morgan fingerprint density at radius 3 is 2.14 bits per heavy atom. The maximum absolute atomic E-state index is 11.2. The van der Waals surface area contributed by atoms with Crippen LogP contribution in [0.2, 0.25) is 0 Å². The van der Waals surface area contributed by atoms with Gasteiger partial charge in [-0.2, -0.15) is 0 Å². The molecule has 0 aromatic rings. The monoisotopic (exact) mass is 295 g/mol. The van der Waals surface area contributed by atoms with E-state index in [0.717, 1.165) is 6.42 Å². The van der Waals surface area contributed by atoms with Crippen LogP contribution in [-0.4, -0.2) is 41.9 Å². The molecule has 2 aliphatic heterocycles. The summed E-state index contributed by atoms with van der Waals surface area (Å²) in [5.41, 5.74) is -2.60. The van der Waals surface area contributed by atoms with Crippen LogP contribution in [0.4, 0.5) is 0 Å². The van der Waals surface area contributed by atoms with Crippen LogP contribution in [0.3, 0.4) is 0 Å². The molecular formula is C15H29B2O4. The quantitative estimate of drug-likeness (QED) is 0.755. The van der Waals surface area contributed by atoms with Crippen LogP contribution in [0, 0.1) is 11.8 Å². The molecule has 2 fully saturated rings. The van der Waals surface area contributed by atoms with E-state index in [2.05, 4.69) is 34.6 Å². The summed E-state index contributed by atoms with van der Waals surface area (Å²) in [6.45, 7) is 16.1. The fraction of sp³-hybridized carbons (Fsp3) is 1.00. The lowest BCUT2D eigenvalue weighted by atomic mass is 9.55. The first-order chi connectivity index (χ1) is 9.39. The Kier molecular flexibility index (Phi) is 4.11. The molecule has 4 unspecified atom stereocenters. The molecule has 1 radical (unpaired) electrons. The van der Waals surface area contributed by atoms with E-state index in [1.54, 1.807) is 7.37 Å². The summed E-state index contributed by atoms with van der Waals surface area (Å²) in [7, 11) is 1.09. The van der Waals surface area contributed by atoms with E-state index in [1.165, 1.54) is 0 Å². The Balaban J connectivity index is 2.52. The molecule has 2 bridgehead atoms. The highest BCUT2D eigenvalue weighted by atomic mass is 16.7. The Bertz CT molecular complexity index is 408. The first-order valence-corrected chi connectivity index (χ1v) is 7.98. The molecule has 2 aliphatic rings. The SMILES string of the molecule is CCC1C(C)C(C)(O)C(C)(C)O[B]B2OC(C)(C)C1(C)O2. The van der Waals surface area contributed by atoms with Crippen LogP contribution in [0.1, 0.15) is 61.8 Å². The van der Waals surface area contributed by atoms with Gasteiger partial charge in [0.25, 0.3) is 0 Å². The first kappa shape index (κ1) is 17.3. The summed E-state index contributed by atoms with van der Waals surface area (Å²) in [5.74, 6) is 0.150. The van der Waals surface area contributed by atoms with Crippen LogP contribution >= 0.6 is 0 Å². The fourth-order valence-corrected chi connectivity index (χ4v) is 3.91. The Hall–Kier alpha value is -0.0301. The summed E-state index contributed by atoms with van der Waals surface area (Å²) < 4.78 is 18.2. The molecule has 0 amide bonds. The van der Waals surface area contributed by atoms with Gasteiger partial charge in [0.05, 0.1) is 22.4 Å². The maximum Gasteiger partial charge on any atom is 0.439 e. The van der Waals surface area contributed by atoms with E-state index >= 15 is 0 Å². The molecule has 2 heterocycles. The van der Waals surface area contributed by atoms with E-state index in [0.29, 0.717) is 0 Å². The van der Waals surface area contributed by atoms with Crippen LogP contribution in [0.25, 0.3) is 0 Å². The van der Waals surface area contributed by atoms with Crippen LogP contribution in [0.15, 0.2) is 0 Å². The third-order valence-corrected chi connectivity index (χ3v) is 6.30. The van der Waals surface area contributed by atoms with Gasteiger partial charge in [0.2, 0.25) is 0 Å². The lowest BCUT2D eigenvalue weighted by Gasteiger charge is -2.52. The smallest absolute Gasteiger partial charge is 0.435 e. The molecule has 0 aliphatic carbocycles. The summed E-state index contributed by atoms with van der Waals surface area (Å²) in [4.78, 5) is 0. The van der Waals surface area contributed by atoms with E-state index in [4.69, 9.17) is 14.0 Å². The molecule has 0 saturated carbocycles. The van der Waals surface area contributed by atoms with Gasteiger partial charge in [-0.1, -0.05) is 20.3 Å². The van der Waals surface area contributed by atoms with Gasteiger partial charge in [0.1, 0.15) is 0 Å². The van der Waals surface area contributed by atoms with Crippen molar-refractivity contribution in [2.75, 3.05) is 0 Å². The molecule has 1 N–H and O–H groups in total. The van der Waals surface area contributed by atoms with E-state index in [1.807, 2.05) is 20.8 Å². The first-order valence-electron chi connectivity index (χ1n) is 7.98. The average Bonchev–Trinajstić information content (AvgIpc) is 2.58. The second-order valence-corrected chi connectivity index (χ2v) is 7.94. The number of rotatable bonds is 1. The minimum absolute atomic E-state index is 0.00405. The molecule has 2 rings (SSSR count). The maximum atomic E-state index is 11.2. The summed E-state index contributed by atoms with van der Waals surface area (Å²) in [5, 5.41) is 11.2. The Morgan fingerprint density at radius 1 is 1.05 bits per heavy atom. The van der Waals surface area contributed by atoms with Gasteiger partial charge in [-0.25, -0.2) is 0 Å². The van der Waals surface area contributed by atoms with Crippen molar-refractivity contribution in [1.29, 1.82) is 0 Å². The minimum Gasteiger partial charge on any atom is -0.435 e. The van der Waals surface area contributed by atoms with Gasteiger partial charge in [-0.05, 0) is 53.4 Å². The number of fused-ring (bicyclic) bond motifs is 2. The Morgan fingerprint density at radius 2 is 1.62 bits per heavy atom. The molecule has 0 aromatic heterocycles. The largest absolute Gasteiger partial charge is 0.439 e. The second-order valence-electron chi connectivity index (χ2n) is 7.94. The molecule has 4 atom stereocenters. The third kappa shape index (κ3) is 2.39. The van der Waals surface area contributed by atoms with Crippen LogP contribution in [0.5, 0.6) is 0 Å². The zero-order valence-electron chi connectivity index (χ0n) is 14.7. The second kappa shape index (κ2) is 4.98. The number of aliphatic hydroxyl groups is 1. The highest BCUT2D eigenvalue weighted by Gasteiger charge is 2.63. The zero-order chi connectivity index (χ0) is 16.3. The number of hydrogen-bond acceptors (Lipinski definition) is 4. The van der Waals surface area contributed by atoms with Gasteiger partial charge < -0.3 is 19.1 Å². The highest BCUT2D eigenvalue weighted by molar-refractivity contribution is 7.03. The molecule has 0 aromatic carbocycles. The van der Waals surface area contributed by atoms with Gasteiger partial charge in [-0.3, -0.25) is 0 Å². The van der Waals surface area contributed by atoms with Gasteiger partial charge in [0.15, 0.2) is 0 Å². The molecular weight excluding hydrogens is 266 g/mol. The topological polar surface area (TPSA) is 47.9 Å². The minimum atomic E-state index is -0.975. The average molecular weight is 295 g/mol. The number of hydrogen-bond donors (Lipinski definition) is 1.